The highest BCUT2D eigenvalue weighted by atomic mass is 15.3. The summed E-state index contributed by atoms with van der Waals surface area (Å²) in [5.41, 5.74) is 8.95. The standard InChI is InChI=1S/C26H28N8/c1-17-7-5-9-21(20(17)15-33(3)4)27-13-23-31-25(19-11-12-24-28-16-29-34(24)14-19)26(32-23)22-10-6-8-18(2)30-22/h5-12,14,16,27H,13,15H2,1-4H3,(H,31,32). The molecule has 1 aromatic carbocycles. The Morgan fingerprint density at radius 3 is 2.68 bits per heavy atom. The van der Waals surface area contributed by atoms with Gasteiger partial charge in [0.2, 0.25) is 0 Å². The second-order valence-corrected chi connectivity index (χ2v) is 8.74. The average Bonchev–Trinajstić information content (AvgIpc) is 3.46. The van der Waals surface area contributed by atoms with Crippen molar-refractivity contribution in [3.8, 4) is 22.6 Å². The third-order valence-electron chi connectivity index (χ3n) is 5.78. The molecule has 0 aliphatic carbocycles. The van der Waals surface area contributed by atoms with E-state index in [1.807, 2.05) is 43.5 Å². The third-order valence-corrected chi connectivity index (χ3v) is 5.78. The van der Waals surface area contributed by atoms with Crippen LogP contribution in [-0.2, 0) is 13.1 Å². The van der Waals surface area contributed by atoms with Gasteiger partial charge in [-0.05, 0) is 69.4 Å². The number of hydrogen-bond acceptors (Lipinski definition) is 6. The van der Waals surface area contributed by atoms with Gasteiger partial charge in [-0.2, -0.15) is 5.10 Å². The largest absolute Gasteiger partial charge is 0.378 e. The molecule has 34 heavy (non-hydrogen) atoms. The number of imidazole rings is 1. The summed E-state index contributed by atoms with van der Waals surface area (Å²) in [6.45, 7) is 5.58. The molecule has 0 spiro atoms. The van der Waals surface area contributed by atoms with Gasteiger partial charge < -0.3 is 15.2 Å². The Morgan fingerprint density at radius 2 is 1.85 bits per heavy atom. The Morgan fingerprint density at radius 1 is 1.00 bits per heavy atom. The maximum Gasteiger partial charge on any atom is 0.155 e. The minimum Gasteiger partial charge on any atom is -0.378 e. The summed E-state index contributed by atoms with van der Waals surface area (Å²) in [5, 5.41) is 7.87. The van der Waals surface area contributed by atoms with Gasteiger partial charge in [0.05, 0.1) is 23.6 Å². The molecule has 4 heterocycles. The lowest BCUT2D eigenvalue weighted by Gasteiger charge is -2.17. The molecule has 0 unspecified atom stereocenters. The molecule has 0 atom stereocenters. The fourth-order valence-electron chi connectivity index (χ4n) is 4.11. The number of aryl methyl sites for hydroxylation is 2. The van der Waals surface area contributed by atoms with E-state index in [4.69, 9.17) is 9.97 Å². The van der Waals surface area contributed by atoms with Gasteiger partial charge in [-0.15, -0.1) is 0 Å². The zero-order valence-corrected chi connectivity index (χ0v) is 19.9. The number of hydrogen-bond donors (Lipinski definition) is 2. The van der Waals surface area contributed by atoms with E-state index in [1.54, 1.807) is 10.8 Å². The van der Waals surface area contributed by atoms with Crippen LogP contribution in [0.15, 0.2) is 61.1 Å². The second-order valence-electron chi connectivity index (χ2n) is 8.74. The molecule has 4 aromatic heterocycles. The normalized spacial score (nSPS) is 11.4. The molecular formula is C26H28N8. The molecule has 8 heteroatoms. The lowest BCUT2D eigenvalue weighted by molar-refractivity contribution is 0.402. The van der Waals surface area contributed by atoms with Crippen LogP contribution >= 0.6 is 0 Å². The number of nitrogens with one attached hydrogen (secondary N) is 2. The first-order valence-electron chi connectivity index (χ1n) is 11.3. The van der Waals surface area contributed by atoms with Crippen LogP contribution in [0.5, 0.6) is 0 Å². The zero-order chi connectivity index (χ0) is 23.7. The van der Waals surface area contributed by atoms with Crippen LogP contribution in [0.1, 0.15) is 22.6 Å². The summed E-state index contributed by atoms with van der Waals surface area (Å²) in [4.78, 5) is 19.7. The molecule has 172 valence electrons. The van der Waals surface area contributed by atoms with Crippen LogP contribution in [0, 0.1) is 13.8 Å². The molecule has 2 N–H and O–H groups in total. The molecule has 5 rings (SSSR count). The molecule has 0 aliphatic rings. The first-order chi connectivity index (χ1) is 16.5. The molecule has 0 bridgehead atoms. The number of pyridine rings is 2. The second kappa shape index (κ2) is 9.07. The fourth-order valence-corrected chi connectivity index (χ4v) is 4.11. The van der Waals surface area contributed by atoms with Gasteiger partial charge in [0, 0.05) is 29.7 Å². The molecule has 0 fully saturated rings. The topological polar surface area (TPSA) is 87.0 Å². The third kappa shape index (κ3) is 4.40. The maximum atomic E-state index is 4.98. The van der Waals surface area contributed by atoms with Gasteiger partial charge in [0.25, 0.3) is 0 Å². The lowest BCUT2D eigenvalue weighted by Crippen LogP contribution is -2.14. The van der Waals surface area contributed by atoms with Gasteiger partial charge in [-0.3, -0.25) is 4.98 Å². The van der Waals surface area contributed by atoms with Crippen molar-refractivity contribution in [1.29, 1.82) is 0 Å². The number of rotatable bonds is 7. The van der Waals surface area contributed by atoms with Gasteiger partial charge in [0.1, 0.15) is 12.2 Å². The number of benzene rings is 1. The van der Waals surface area contributed by atoms with Crippen molar-refractivity contribution in [2.45, 2.75) is 26.9 Å². The van der Waals surface area contributed by atoms with E-state index in [0.29, 0.717) is 6.54 Å². The van der Waals surface area contributed by atoms with Crippen molar-refractivity contribution in [3.05, 3.63) is 83.7 Å². The first-order valence-corrected chi connectivity index (χ1v) is 11.3. The summed E-state index contributed by atoms with van der Waals surface area (Å²) in [5.74, 6) is 0.837. The van der Waals surface area contributed by atoms with Crippen molar-refractivity contribution in [2.75, 3.05) is 19.4 Å². The number of aromatic amines is 1. The van der Waals surface area contributed by atoms with Crippen LogP contribution < -0.4 is 5.32 Å². The minimum absolute atomic E-state index is 0.564. The first kappa shape index (κ1) is 21.8. The van der Waals surface area contributed by atoms with Crippen molar-refractivity contribution < 1.29 is 0 Å². The molecule has 8 nitrogen and oxygen atoms in total. The minimum atomic E-state index is 0.564. The summed E-state index contributed by atoms with van der Waals surface area (Å²) in [6, 6.07) is 16.3. The number of H-pyrrole nitrogens is 1. The Kier molecular flexibility index (Phi) is 5.81. The number of nitrogens with zero attached hydrogens (tertiary/aromatic N) is 6. The van der Waals surface area contributed by atoms with Crippen molar-refractivity contribution >= 4 is 11.3 Å². The summed E-state index contributed by atoms with van der Waals surface area (Å²) in [7, 11) is 4.17. The highest BCUT2D eigenvalue weighted by Gasteiger charge is 2.17. The van der Waals surface area contributed by atoms with Gasteiger partial charge in [-0.25, -0.2) is 14.5 Å². The predicted octanol–water partition coefficient (Wildman–Crippen LogP) is 4.47. The molecular weight excluding hydrogens is 424 g/mol. The Bertz CT molecular complexity index is 1450. The summed E-state index contributed by atoms with van der Waals surface area (Å²) >= 11 is 0. The Labute approximate surface area is 198 Å². The van der Waals surface area contributed by atoms with Crippen LogP contribution in [0.25, 0.3) is 28.3 Å². The Hall–Kier alpha value is -4.04. The molecule has 0 radical (unpaired) electrons. The predicted molar refractivity (Wildman–Crippen MR) is 134 cm³/mol. The Balaban J connectivity index is 1.52. The zero-order valence-electron chi connectivity index (χ0n) is 19.9. The van der Waals surface area contributed by atoms with Crippen molar-refractivity contribution in [2.24, 2.45) is 0 Å². The van der Waals surface area contributed by atoms with Gasteiger partial charge in [0.15, 0.2) is 5.65 Å². The SMILES string of the molecule is Cc1cccc(-c2[nH]c(CNc3cccc(C)c3CN(C)C)nc2-c2ccc3ncnn3c2)n1. The van der Waals surface area contributed by atoms with Crippen LogP contribution in [-0.4, -0.2) is 48.5 Å². The highest BCUT2D eigenvalue weighted by Crippen LogP contribution is 2.30. The van der Waals surface area contributed by atoms with E-state index in [9.17, 15) is 0 Å². The van der Waals surface area contributed by atoms with E-state index in [0.717, 1.165) is 52.0 Å². The van der Waals surface area contributed by atoms with Gasteiger partial charge in [-0.1, -0.05) is 18.2 Å². The highest BCUT2D eigenvalue weighted by molar-refractivity contribution is 5.77. The molecule has 0 aliphatic heterocycles. The molecule has 0 saturated carbocycles. The fraction of sp³-hybridized carbons (Fsp3) is 0.231. The van der Waals surface area contributed by atoms with Crippen LogP contribution in [0.4, 0.5) is 5.69 Å². The molecule has 5 aromatic rings. The smallest absolute Gasteiger partial charge is 0.155 e. The van der Waals surface area contributed by atoms with Crippen molar-refractivity contribution in [1.82, 2.24) is 34.4 Å². The summed E-state index contributed by atoms with van der Waals surface area (Å²) < 4.78 is 1.76. The maximum absolute atomic E-state index is 4.98. The van der Waals surface area contributed by atoms with E-state index in [1.165, 1.54) is 11.1 Å². The monoisotopic (exact) mass is 452 g/mol. The van der Waals surface area contributed by atoms with Gasteiger partial charge >= 0.3 is 0 Å². The van der Waals surface area contributed by atoms with E-state index in [2.05, 4.69) is 64.5 Å². The van der Waals surface area contributed by atoms with Crippen molar-refractivity contribution in [3.63, 3.8) is 0 Å². The lowest BCUT2D eigenvalue weighted by atomic mass is 10.1. The number of aromatic nitrogens is 6. The number of fused-ring (bicyclic) bond motifs is 1. The average molecular weight is 453 g/mol. The van der Waals surface area contributed by atoms with E-state index in [-0.39, 0.29) is 0 Å². The number of anilines is 1. The van der Waals surface area contributed by atoms with E-state index >= 15 is 0 Å². The van der Waals surface area contributed by atoms with Crippen LogP contribution in [0.3, 0.4) is 0 Å². The summed E-state index contributed by atoms with van der Waals surface area (Å²) in [6.07, 6.45) is 3.50. The quantitative estimate of drug-likeness (QED) is 0.379. The van der Waals surface area contributed by atoms with E-state index < -0.39 is 0 Å². The molecule has 0 saturated heterocycles. The molecule has 0 amide bonds. The van der Waals surface area contributed by atoms with Crippen LogP contribution in [0.2, 0.25) is 0 Å².